The summed E-state index contributed by atoms with van der Waals surface area (Å²) in [4.78, 5) is 6.72. The summed E-state index contributed by atoms with van der Waals surface area (Å²) in [5, 5.41) is 3.53. The second-order valence-electron chi connectivity index (χ2n) is 6.08. The van der Waals surface area contributed by atoms with Crippen LogP contribution in [0.25, 0.3) is 0 Å². The molecule has 0 aliphatic carbocycles. The lowest BCUT2D eigenvalue weighted by atomic mass is 10.1. The van der Waals surface area contributed by atoms with E-state index in [0.717, 1.165) is 31.1 Å². The fourth-order valence-corrected chi connectivity index (χ4v) is 2.29. The smallest absolute Gasteiger partial charge is 0.217 e. The third kappa shape index (κ3) is 5.10. The van der Waals surface area contributed by atoms with Gasteiger partial charge in [0, 0.05) is 36.4 Å². The van der Waals surface area contributed by atoms with Crippen LogP contribution in [0.15, 0.2) is 18.3 Å². The summed E-state index contributed by atoms with van der Waals surface area (Å²) >= 11 is 0. The number of rotatable bonds is 7. The van der Waals surface area contributed by atoms with Crippen molar-refractivity contribution in [2.24, 2.45) is 0 Å². The maximum Gasteiger partial charge on any atom is 0.217 e. The van der Waals surface area contributed by atoms with E-state index in [-0.39, 0.29) is 5.54 Å². The first kappa shape index (κ1) is 16.9. The van der Waals surface area contributed by atoms with Gasteiger partial charge in [0.2, 0.25) is 5.88 Å². The van der Waals surface area contributed by atoms with E-state index in [9.17, 15) is 0 Å². The summed E-state index contributed by atoms with van der Waals surface area (Å²) in [6, 6.07) is 4.36. The molecule has 0 saturated carbocycles. The van der Waals surface area contributed by atoms with E-state index in [1.807, 2.05) is 6.07 Å². The van der Waals surface area contributed by atoms with Crippen LogP contribution < -0.4 is 10.1 Å². The van der Waals surface area contributed by atoms with Crippen LogP contribution in [-0.2, 0) is 0 Å². The minimum atomic E-state index is 0.161. The summed E-state index contributed by atoms with van der Waals surface area (Å²) in [5.41, 5.74) is 1.31. The van der Waals surface area contributed by atoms with Gasteiger partial charge in [-0.3, -0.25) is 4.90 Å². The molecule has 4 nitrogen and oxygen atoms in total. The minimum absolute atomic E-state index is 0.161. The molecule has 20 heavy (non-hydrogen) atoms. The fraction of sp³-hybridized carbons (Fsp3) is 0.688. The summed E-state index contributed by atoms with van der Waals surface area (Å²) in [7, 11) is 1.68. The van der Waals surface area contributed by atoms with Crippen LogP contribution in [0.2, 0.25) is 0 Å². The highest BCUT2D eigenvalue weighted by Gasteiger charge is 2.19. The van der Waals surface area contributed by atoms with E-state index in [4.69, 9.17) is 4.74 Å². The molecule has 1 rings (SSSR count). The Morgan fingerprint density at radius 3 is 2.65 bits per heavy atom. The van der Waals surface area contributed by atoms with Crippen molar-refractivity contribution in [3.05, 3.63) is 23.9 Å². The molecule has 4 heteroatoms. The largest absolute Gasteiger partial charge is 0.481 e. The Hall–Kier alpha value is -1.13. The lowest BCUT2D eigenvalue weighted by Gasteiger charge is -2.30. The zero-order chi connectivity index (χ0) is 15.2. The van der Waals surface area contributed by atoms with Crippen LogP contribution in [0, 0.1) is 0 Å². The van der Waals surface area contributed by atoms with Crippen LogP contribution >= 0.6 is 0 Å². The van der Waals surface area contributed by atoms with Gasteiger partial charge in [0.15, 0.2) is 0 Å². The van der Waals surface area contributed by atoms with E-state index in [2.05, 4.69) is 55.9 Å². The number of ether oxygens (including phenoxy) is 1. The van der Waals surface area contributed by atoms with Crippen LogP contribution in [-0.4, -0.2) is 42.2 Å². The number of nitrogens with zero attached hydrogens (tertiary/aromatic N) is 2. The van der Waals surface area contributed by atoms with Crippen molar-refractivity contribution >= 4 is 0 Å². The maximum atomic E-state index is 5.37. The second kappa shape index (κ2) is 7.60. The first-order valence-electron chi connectivity index (χ1n) is 7.37. The van der Waals surface area contributed by atoms with Crippen molar-refractivity contribution < 1.29 is 4.74 Å². The van der Waals surface area contributed by atoms with Crippen LogP contribution in [0.3, 0.4) is 0 Å². The van der Waals surface area contributed by atoms with Gasteiger partial charge in [0.25, 0.3) is 0 Å². The molecule has 0 fully saturated rings. The molecule has 0 aromatic carbocycles. The monoisotopic (exact) mass is 279 g/mol. The van der Waals surface area contributed by atoms with E-state index in [1.165, 1.54) is 0 Å². The first-order valence-corrected chi connectivity index (χ1v) is 7.37. The van der Waals surface area contributed by atoms with Crippen LogP contribution in [0.1, 0.15) is 46.2 Å². The molecule has 0 amide bonds. The molecule has 0 aliphatic rings. The number of methoxy groups -OCH3 is 1. The number of pyridine rings is 1. The predicted molar refractivity (Wildman–Crippen MR) is 84.2 cm³/mol. The molecule has 0 bridgehead atoms. The molecule has 1 N–H and O–H groups in total. The minimum Gasteiger partial charge on any atom is -0.481 e. The Labute approximate surface area is 123 Å². The van der Waals surface area contributed by atoms with Gasteiger partial charge in [-0.2, -0.15) is 0 Å². The van der Waals surface area contributed by atoms with Gasteiger partial charge in [-0.1, -0.05) is 13.0 Å². The zero-order valence-corrected chi connectivity index (χ0v) is 13.7. The molecule has 1 atom stereocenters. The van der Waals surface area contributed by atoms with E-state index in [1.54, 1.807) is 13.3 Å². The van der Waals surface area contributed by atoms with Crippen molar-refractivity contribution in [3.8, 4) is 5.88 Å². The Balaban J connectivity index is 2.69. The number of hydrogen-bond acceptors (Lipinski definition) is 4. The number of nitrogens with one attached hydrogen (secondary N) is 1. The predicted octanol–water partition coefficient (Wildman–Crippen LogP) is 2.86. The summed E-state index contributed by atoms with van der Waals surface area (Å²) in [6.45, 7) is 14.0. The molecule has 0 radical (unpaired) electrons. The molecular formula is C16H29N3O. The second-order valence-corrected chi connectivity index (χ2v) is 6.08. The number of hydrogen-bond donors (Lipinski definition) is 1. The van der Waals surface area contributed by atoms with Gasteiger partial charge in [-0.15, -0.1) is 0 Å². The van der Waals surface area contributed by atoms with Crippen molar-refractivity contribution in [2.45, 2.75) is 46.2 Å². The highest BCUT2D eigenvalue weighted by molar-refractivity contribution is 5.28. The molecule has 0 spiro atoms. The molecule has 1 unspecified atom stereocenters. The van der Waals surface area contributed by atoms with E-state index >= 15 is 0 Å². The first-order chi connectivity index (χ1) is 9.39. The third-order valence-corrected chi connectivity index (χ3v) is 3.45. The van der Waals surface area contributed by atoms with Gasteiger partial charge in [0.05, 0.1) is 7.11 Å². The van der Waals surface area contributed by atoms with Crippen molar-refractivity contribution in [1.29, 1.82) is 0 Å². The maximum absolute atomic E-state index is 5.37. The van der Waals surface area contributed by atoms with Gasteiger partial charge < -0.3 is 10.1 Å². The van der Waals surface area contributed by atoms with Gasteiger partial charge in [-0.05, 0) is 40.3 Å². The zero-order valence-electron chi connectivity index (χ0n) is 13.7. The quantitative estimate of drug-likeness (QED) is 0.833. The van der Waals surface area contributed by atoms with Crippen LogP contribution in [0.4, 0.5) is 0 Å². The van der Waals surface area contributed by atoms with Gasteiger partial charge >= 0.3 is 0 Å². The molecule has 1 aromatic rings. The molecule has 0 aliphatic heterocycles. The van der Waals surface area contributed by atoms with Crippen molar-refractivity contribution in [3.63, 3.8) is 0 Å². The summed E-state index contributed by atoms with van der Waals surface area (Å²) in [5.74, 6) is 0.724. The Morgan fingerprint density at radius 1 is 1.40 bits per heavy atom. The Bertz CT molecular complexity index is 401. The lowest BCUT2D eigenvalue weighted by molar-refractivity contribution is 0.210. The highest BCUT2D eigenvalue weighted by atomic mass is 16.5. The van der Waals surface area contributed by atoms with Crippen LogP contribution in [0.5, 0.6) is 5.88 Å². The number of aromatic nitrogens is 1. The Morgan fingerprint density at radius 2 is 2.10 bits per heavy atom. The van der Waals surface area contributed by atoms with Gasteiger partial charge in [0.1, 0.15) is 0 Å². The fourth-order valence-electron chi connectivity index (χ4n) is 2.29. The highest BCUT2D eigenvalue weighted by Crippen LogP contribution is 2.26. The molecule has 0 saturated heterocycles. The average Bonchev–Trinajstić information content (AvgIpc) is 2.41. The van der Waals surface area contributed by atoms with Crippen molar-refractivity contribution in [1.82, 2.24) is 15.2 Å². The SMILES string of the molecule is CCN(CCNC(C)(C)C)C(C)c1cccnc1OC. The molecule has 1 aromatic heterocycles. The summed E-state index contributed by atoms with van der Waals surface area (Å²) in [6.07, 6.45) is 1.77. The average molecular weight is 279 g/mol. The van der Waals surface area contributed by atoms with E-state index < -0.39 is 0 Å². The van der Waals surface area contributed by atoms with E-state index in [0.29, 0.717) is 6.04 Å². The molecular weight excluding hydrogens is 250 g/mol. The molecule has 114 valence electrons. The van der Waals surface area contributed by atoms with Gasteiger partial charge in [-0.25, -0.2) is 4.98 Å². The summed E-state index contributed by atoms with van der Waals surface area (Å²) < 4.78 is 5.37. The lowest BCUT2D eigenvalue weighted by Crippen LogP contribution is -2.42. The standard InChI is InChI=1S/C16H29N3O/c1-7-19(12-11-18-16(3,4)5)13(2)14-9-8-10-17-15(14)20-6/h8-10,13,18H,7,11-12H2,1-6H3. The Kier molecular flexibility index (Phi) is 6.43. The third-order valence-electron chi connectivity index (χ3n) is 3.45. The number of likely N-dealkylation sites (N-methyl/N-ethyl adjacent to an activating group) is 1. The topological polar surface area (TPSA) is 37.4 Å². The molecule has 1 heterocycles. The normalized spacial score (nSPS) is 13.6. The van der Waals surface area contributed by atoms with Crippen molar-refractivity contribution in [2.75, 3.05) is 26.7 Å².